The Labute approximate surface area is 466 Å². The van der Waals surface area contributed by atoms with Crippen molar-refractivity contribution in [3.63, 3.8) is 0 Å². The van der Waals surface area contributed by atoms with Crippen molar-refractivity contribution in [2.45, 2.75) is 189 Å². The largest absolute Gasteiger partial charge is 0.487 e. The molecular weight excluding hydrogens is 973 g/mol. The van der Waals surface area contributed by atoms with Crippen molar-refractivity contribution in [2.24, 2.45) is 5.41 Å². The molecule has 0 spiro atoms. The number of hydrogen-bond donors (Lipinski definition) is 0. The van der Waals surface area contributed by atoms with Gasteiger partial charge in [0.1, 0.15) is 45.5 Å². The van der Waals surface area contributed by atoms with Gasteiger partial charge in [-0.25, -0.2) is 9.59 Å². The van der Waals surface area contributed by atoms with Crippen LogP contribution in [-0.4, -0.2) is 34.7 Å². The maximum absolute atomic E-state index is 13.9. The van der Waals surface area contributed by atoms with Crippen LogP contribution in [0.2, 0.25) is 0 Å². The highest BCUT2D eigenvalue weighted by Crippen LogP contribution is 2.41. The van der Waals surface area contributed by atoms with E-state index in [0.29, 0.717) is 53.8 Å². The van der Waals surface area contributed by atoms with Gasteiger partial charge < -0.3 is 28.4 Å². The first-order chi connectivity index (χ1) is 36.8. The minimum Gasteiger partial charge on any atom is -0.487 e. The first-order valence-electron chi connectivity index (χ1n) is 28.1. The first-order valence-corrected chi connectivity index (χ1v) is 28.1. The Morgan fingerprint density at radius 1 is 0.333 bits per heavy atom. The molecule has 0 radical (unpaired) electrons. The van der Waals surface area contributed by atoms with Gasteiger partial charge in [-0.3, -0.25) is 4.79 Å². The van der Waals surface area contributed by atoms with Gasteiger partial charge in [-0.15, -0.1) is 0 Å². The molecule has 0 fully saturated rings. The molecule has 3 atom stereocenters. The lowest BCUT2D eigenvalue weighted by atomic mass is 9.73. The molecule has 0 saturated carbocycles. The fraction of sp³-hybridized carbons (Fsp3) is 0.435. The zero-order chi connectivity index (χ0) is 56.9. The molecule has 0 N–H and O–H groups in total. The van der Waals surface area contributed by atoms with Gasteiger partial charge in [0.25, 0.3) is 0 Å². The van der Waals surface area contributed by atoms with Crippen LogP contribution in [0.1, 0.15) is 171 Å². The van der Waals surface area contributed by atoms with Crippen molar-refractivity contribution in [3.05, 3.63) is 168 Å². The molecule has 0 heterocycles. The number of ether oxygens (including phenoxy) is 6. The maximum Gasteiger partial charge on any atom is 0.355 e. The van der Waals surface area contributed by atoms with Crippen molar-refractivity contribution in [2.75, 3.05) is 0 Å². The summed E-state index contributed by atoms with van der Waals surface area (Å²) in [6.07, 6.45) is 8.97. The predicted molar refractivity (Wildman–Crippen MR) is 314 cm³/mol. The van der Waals surface area contributed by atoms with Gasteiger partial charge in [0.05, 0.1) is 0 Å². The highest BCUT2D eigenvalue weighted by molar-refractivity contribution is 5.83. The number of rotatable bonds is 25. The van der Waals surface area contributed by atoms with E-state index in [1.54, 1.807) is 26.0 Å². The minimum atomic E-state index is -1.16. The summed E-state index contributed by atoms with van der Waals surface area (Å²) in [5, 5.41) is 0. The molecule has 6 aromatic carbocycles. The molecule has 9 heteroatoms. The summed E-state index contributed by atoms with van der Waals surface area (Å²) >= 11 is 0. The van der Waals surface area contributed by atoms with Crippen molar-refractivity contribution in [1.82, 2.24) is 0 Å². The lowest BCUT2D eigenvalue weighted by molar-refractivity contribution is -0.157. The molecule has 0 aromatic heterocycles. The van der Waals surface area contributed by atoms with Crippen molar-refractivity contribution < 1.29 is 42.8 Å². The summed E-state index contributed by atoms with van der Waals surface area (Å²) in [7, 11) is 0. The summed E-state index contributed by atoms with van der Waals surface area (Å²) in [4.78, 5) is 40.6. The van der Waals surface area contributed by atoms with Crippen LogP contribution in [0.5, 0.6) is 34.5 Å². The Bertz CT molecular complexity index is 2870. The molecule has 0 amide bonds. The van der Waals surface area contributed by atoms with Crippen LogP contribution >= 0.6 is 0 Å². The van der Waals surface area contributed by atoms with E-state index in [9.17, 15) is 14.4 Å². The fourth-order valence-electron chi connectivity index (χ4n) is 9.02. The van der Waals surface area contributed by atoms with E-state index in [2.05, 4.69) is 53.7 Å². The Kier molecular flexibility index (Phi) is 19.9. The van der Waals surface area contributed by atoms with Crippen LogP contribution in [0.4, 0.5) is 0 Å². The van der Waals surface area contributed by atoms with Crippen molar-refractivity contribution in [3.8, 4) is 45.6 Å². The third kappa shape index (κ3) is 15.9. The van der Waals surface area contributed by atoms with E-state index in [1.807, 2.05) is 163 Å². The maximum atomic E-state index is 13.9. The number of aryl methyl sites for hydroxylation is 2. The fourth-order valence-corrected chi connectivity index (χ4v) is 9.02. The quantitative estimate of drug-likeness (QED) is 0.0315. The minimum absolute atomic E-state index is 0.0139. The summed E-state index contributed by atoms with van der Waals surface area (Å²) in [6.45, 7) is 28.0. The van der Waals surface area contributed by atoms with Crippen LogP contribution in [-0.2, 0) is 38.1 Å². The number of carbonyl (C=O) groups is 3. The molecule has 0 bridgehead atoms. The second kappa shape index (κ2) is 25.7. The molecule has 0 saturated heterocycles. The van der Waals surface area contributed by atoms with Gasteiger partial charge in [0, 0.05) is 0 Å². The number of benzene rings is 6. The lowest BCUT2D eigenvalue weighted by Gasteiger charge is -2.41. The Balaban J connectivity index is 0.901. The molecule has 0 aliphatic carbocycles. The highest BCUT2D eigenvalue weighted by Gasteiger charge is 2.49. The third-order valence-corrected chi connectivity index (χ3v) is 15.7. The summed E-state index contributed by atoms with van der Waals surface area (Å²) in [6, 6.07) is 46.6. The molecular formula is C69H86O9. The SMILES string of the molecule is CCC(C)(Oc1ccc(CCCCCCCc2ccc(OC(=O)C(C)(CC)C(C)(C)Oc3ccc(-c4ccc(OC(=O)C(C)(CC)Oc5ccc(C(C)(C)C)cc5)cc4)cc3)cc2)cc1)C(=O)Oc1ccc(C(C)(C)C)cc1. The smallest absolute Gasteiger partial charge is 0.355 e. The van der Waals surface area contributed by atoms with Gasteiger partial charge in [0.2, 0.25) is 11.2 Å². The number of hydrogen-bond acceptors (Lipinski definition) is 9. The number of unbranched alkanes of at least 4 members (excludes halogenated alkanes) is 4. The van der Waals surface area contributed by atoms with Gasteiger partial charge >= 0.3 is 17.9 Å². The van der Waals surface area contributed by atoms with E-state index >= 15 is 0 Å². The summed E-state index contributed by atoms with van der Waals surface area (Å²) in [5.41, 5.74) is 2.61. The normalized spacial score (nSPS) is 14.2. The topological polar surface area (TPSA) is 107 Å². The van der Waals surface area contributed by atoms with Crippen LogP contribution < -0.4 is 28.4 Å². The van der Waals surface area contributed by atoms with E-state index < -0.39 is 34.2 Å². The molecule has 0 aliphatic heterocycles. The van der Waals surface area contributed by atoms with E-state index in [0.717, 1.165) is 56.1 Å². The van der Waals surface area contributed by atoms with Crippen LogP contribution in [0.3, 0.4) is 0 Å². The number of esters is 3. The third-order valence-electron chi connectivity index (χ3n) is 15.7. The summed E-state index contributed by atoms with van der Waals surface area (Å²) in [5.74, 6) is 2.12. The van der Waals surface area contributed by atoms with Crippen LogP contribution in [0, 0.1) is 5.41 Å². The highest BCUT2D eigenvalue weighted by atomic mass is 16.6. The van der Waals surface area contributed by atoms with Crippen molar-refractivity contribution in [1.29, 1.82) is 0 Å². The van der Waals surface area contributed by atoms with E-state index in [4.69, 9.17) is 28.4 Å². The predicted octanol–water partition coefficient (Wildman–Crippen LogP) is 17.2. The van der Waals surface area contributed by atoms with Crippen molar-refractivity contribution >= 4 is 17.9 Å². The average molecular weight is 1060 g/mol. The zero-order valence-corrected chi connectivity index (χ0v) is 49.1. The van der Waals surface area contributed by atoms with Crippen LogP contribution in [0.15, 0.2) is 146 Å². The molecule has 9 nitrogen and oxygen atoms in total. The first kappa shape index (κ1) is 60.4. The van der Waals surface area contributed by atoms with Gasteiger partial charge in [-0.2, -0.15) is 0 Å². The molecule has 3 unspecified atom stereocenters. The lowest BCUT2D eigenvalue weighted by Crippen LogP contribution is -2.52. The standard InChI is InChI=1S/C69H86O9/c1-15-67(12,66(10,11)76-58-43-31-52(32-44-58)51-29-41-56(42-30-51)74-62(71)69(14,17-3)78-60-47-35-54(36-48-60)65(7,8)9)61(70)73-55-37-25-49(26-38-55)23-21-19-18-20-22-24-50-27-39-59(40-28-50)77-68(13,16-2)63(72)75-57-45-33-53(34-46-57)64(4,5)6/h25-48H,15-24H2,1-14H3. The van der Waals surface area contributed by atoms with Gasteiger partial charge in [-0.05, 0) is 197 Å². The second-order valence-electron chi connectivity index (χ2n) is 24.0. The molecule has 0 aliphatic rings. The molecule has 6 rings (SSSR count). The van der Waals surface area contributed by atoms with Crippen LogP contribution in [0.25, 0.3) is 11.1 Å². The number of carbonyl (C=O) groups excluding carboxylic acids is 3. The Morgan fingerprint density at radius 3 is 0.987 bits per heavy atom. The van der Waals surface area contributed by atoms with Gasteiger partial charge in [0.15, 0.2) is 0 Å². The average Bonchev–Trinajstić information content (AvgIpc) is 3.44. The monoisotopic (exact) mass is 1060 g/mol. The molecule has 78 heavy (non-hydrogen) atoms. The Morgan fingerprint density at radius 2 is 0.628 bits per heavy atom. The molecule has 416 valence electrons. The second-order valence-corrected chi connectivity index (χ2v) is 24.0. The molecule has 6 aromatic rings. The van der Waals surface area contributed by atoms with Gasteiger partial charge in [-0.1, -0.05) is 154 Å². The zero-order valence-electron chi connectivity index (χ0n) is 49.1. The summed E-state index contributed by atoms with van der Waals surface area (Å²) < 4.78 is 36.6. The van der Waals surface area contributed by atoms with E-state index in [-0.39, 0.29) is 16.8 Å². The van der Waals surface area contributed by atoms with E-state index in [1.165, 1.54) is 22.3 Å². The Hall–Kier alpha value is -6.87.